The van der Waals surface area contributed by atoms with Crippen LogP contribution in [0.4, 0.5) is 0 Å². The van der Waals surface area contributed by atoms with Crippen molar-refractivity contribution in [3.05, 3.63) is 58.1 Å². The first-order valence-corrected chi connectivity index (χ1v) is 12.0. The average molecular weight is 526 g/mol. The minimum absolute atomic E-state index is 0.0329. The number of esters is 1. The molecule has 0 saturated heterocycles. The summed E-state index contributed by atoms with van der Waals surface area (Å²) in [5.41, 5.74) is 6.57. The van der Waals surface area contributed by atoms with Gasteiger partial charge in [0, 0.05) is 11.4 Å². The summed E-state index contributed by atoms with van der Waals surface area (Å²) in [4.78, 5) is 32.8. The molecule has 1 aliphatic rings. The molecule has 0 unspecified atom stereocenters. The van der Waals surface area contributed by atoms with Gasteiger partial charge in [-0.15, -0.1) is 0 Å². The van der Waals surface area contributed by atoms with E-state index in [9.17, 15) is 14.4 Å². The number of aryl methyl sites for hydroxylation is 1. The molecule has 0 bridgehead atoms. The fraction of sp³-hybridized carbons (Fsp3) is 0.400. The fourth-order valence-electron chi connectivity index (χ4n) is 3.54. The first-order chi connectivity index (χ1) is 16.7. The lowest BCUT2D eigenvalue weighted by Gasteiger charge is -2.26. The van der Waals surface area contributed by atoms with Gasteiger partial charge in [-0.05, 0) is 80.5 Å². The third kappa shape index (κ3) is 10.5. The monoisotopic (exact) mass is 525 g/mol. The van der Waals surface area contributed by atoms with Crippen LogP contribution >= 0.6 is 23.2 Å². The number of carboxylic acids is 2. The molecule has 1 saturated carbocycles. The molecule has 8 nitrogen and oxygen atoms in total. The van der Waals surface area contributed by atoms with Crippen molar-refractivity contribution in [2.24, 2.45) is 17.6 Å². The second-order valence-electron chi connectivity index (χ2n) is 8.17. The van der Waals surface area contributed by atoms with Crippen molar-refractivity contribution in [2.45, 2.75) is 38.5 Å². The van der Waals surface area contributed by atoms with Gasteiger partial charge in [0.05, 0.1) is 10.9 Å². The van der Waals surface area contributed by atoms with Crippen LogP contribution in [0.25, 0.3) is 0 Å². The highest BCUT2D eigenvalue weighted by molar-refractivity contribution is 6.35. The summed E-state index contributed by atoms with van der Waals surface area (Å²) in [5.74, 6) is -0.700. The molecule has 4 N–H and O–H groups in total. The van der Waals surface area contributed by atoms with Gasteiger partial charge in [-0.2, -0.15) is 0 Å². The molecule has 0 atom stereocenters. The normalized spacial score (nSPS) is 17.0. The molecule has 35 heavy (non-hydrogen) atoms. The van der Waals surface area contributed by atoms with Gasteiger partial charge in [0.2, 0.25) is 0 Å². The maximum atomic E-state index is 12.1. The Hall–Kier alpha value is -2.81. The summed E-state index contributed by atoms with van der Waals surface area (Å²) in [7, 11) is 0. The number of halogens is 2. The minimum atomic E-state index is -1.05. The summed E-state index contributed by atoms with van der Waals surface area (Å²) in [6, 6.07) is 11.6. The summed E-state index contributed by atoms with van der Waals surface area (Å²) in [5, 5.41) is 17.8. The number of carbonyl (C=O) groups excluding carboxylic acids is 1. The van der Waals surface area contributed by atoms with Gasteiger partial charge in [-0.1, -0.05) is 35.3 Å². The number of hydrogen-bond donors (Lipinski definition) is 3. The van der Waals surface area contributed by atoms with E-state index >= 15 is 0 Å². The van der Waals surface area contributed by atoms with Crippen LogP contribution in [0.2, 0.25) is 10.0 Å². The molecule has 2 aromatic carbocycles. The topological polar surface area (TPSA) is 136 Å². The Morgan fingerprint density at radius 1 is 0.943 bits per heavy atom. The van der Waals surface area contributed by atoms with E-state index in [1.807, 2.05) is 0 Å². The third-order valence-electron chi connectivity index (χ3n) is 5.53. The standard InChI is InChI=1S/C17H23NO4.C8H6Cl2O3/c18-11-13-1-6-14(7-2-13)17(21)22-15-8-3-12(4-9-15)5-10-16(19)20;9-5-1-2-7(6(10)3-5)13-4-8(11)12/h3-4,8-9,13-14H,1-2,5-7,10-11,18H2,(H,19,20);1-3H,4H2,(H,11,12). The van der Waals surface area contributed by atoms with E-state index in [-0.39, 0.29) is 18.3 Å². The lowest BCUT2D eigenvalue weighted by molar-refractivity contribution is -0.140. The SMILES string of the molecule is NCC1CCC(C(=O)Oc2ccc(CCC(=O)O)cc2)CC1.O=C(O)COc1ccc(Cl)cc1Cl. The summed E-state index contributed by atoms with van der Waals surface area (Å²) < 4.78 is 10.3. The van der Waals surface area contributed by atoms with Crippen LogP contribution in [0.3, 0.4) is 0 Å². The van der Waals surface area contributed by atoms with Crippen LogP contribution in [0.5, 0.6) is 11.5 Å². The Bertz CT molecular complexity index is 990. The van der Waals surface area contributed by atoms with E-state index in [4.69, 9.17) is 48.6 Å². The Morgan fingerprint density at radius 2 is 1.60 bits per heavy atom. The Balaban J connectivity index is 0.000000283. The highest BCUT2D eigenvalue weighted by Crippen LogP contribution is 2.29. The molecular weight excluding hydrogens is 497 g/mol. The van der Waals surface area contributed by atoms with Gasteiger partial charge in [0.25, 0.3) is 0 Å². The second-order valence-corrected chi connectivity index (χ2v) is 9.01. The highest BCUT2D eigenvalue weighted by atomic mass is 35.5. The van der Waals surface area contributed by atoms with Crippen LogP contribution in [0.15, 0.2) is 42.5 Å². The van der Waals surface area contributed by atoms with E-state index in [1.54, 1.807) is 30.3 Å². The first-order valence-electron chi connectivity index (χ1n) is 11.2. The van der Waals surface area contributed by atoms with Crippen molar-refractivity contribution in [3.63, 3.8) is 0 Å². The third-order valence-corrected chi connectivity index (χ3v) is 6.06. The van der Waals surface area contributed by atoms with E-state index < -0.39 is 18.5 Å². The predicted molar refractivity (Wildman–Crippen MR) is 132 cm³/mol. The molecule has 190 valence electrons. The van der Waals surface area contributed by atoms with Crippen molar-refractivity contribution >= 4 is 41.1 Å². The van der Waals surface area contributed by atoms with Crippen LogP contribution in [0, 0.1) is 11.8 Å². The summed E-state index contributed by atoms with van der Waals surface area (Å²) >= 11 is 11.3. The Morgan fingerprint density at radius 3 is 2.14 bits per heavy atom. The summed E-state index contributed by atoms with van der Waals surface area (Å²) in [6.07, 6.45) is 4.25. The van der Waals surface area contributed by atoms with Gasteiger partial charge in [-0.3, -0.25) is 9.59 Å². The van der Waals surface area contributed by atoms with E-state index in [0.717, 1.165) is 31.2 Å². The van der Waals surface area contributed by atoms with Gasteiger partial charge in [-0.25, -0.2) is 4.79 Å². The largest absolute Gasteiger partial charge is 0.481 e. The molecule has 10 heteroatoms. The van der Waals surface area contributed by atoms with Crippen LogP contribution in [-0.4, -0.2) is 41.3 Å². The zero-order chi connectivity index (χ0) is 25.8. The maximum absolute atomic E-state index is 12.1. The van der Waals surface area contributed by atoms with Crippen molar-refractivity contribution in [2.75, 3.05) is 13.2 Å². The van der Waals surface area contributed by atoms with Crippen LogP contribution in [0.1, 0.15) is 37.7 Å². The summed E-state index contributed by atoms with van der Waals surface area (Å²) in [6.45, 7) is 0.279. The molecule has 1 aliphatic carbocycles. The predicted octanol–water partition coefficient (Wildman–Crippen LogP) is 4.83. The van der Waals surface area contributed by atoms with Crippen LogP contribution in [-0.2, 0) is 20.8 Å². The lowest BCUT2D eigenvalue weighted by atomic mass is 9.82. The number of carbonyl (C=O) groups is 3. The Labute approximate surface area is 213 Å². The van der Waals surface area contributed by atoms with Gasteiger partial charge in [0.1, 0.15) is 11.5 Å². The number of ether oxygens (including phenoxy) is 2. The molecular formula is C25H29Cl2NO7. The van der Waals surface area contributed by atoms with Crippen molar-refractivity contribution in [1.82, 2.24) is 0 Å². The van der Waals surface area contributed by atoms with Gasteiger partial charge >= 0.3 is 17.9 Å². The van der Waals surface area contributed by atoms with Crippen LogP contribution < -0.4 is 15.2 Å². The number of rotatable bonds is 9. The van der Waals surface area contributed by atoms with E-state index in [1.165, 1.54) is 12.1 Å². The van der Waals surface area contributed by atoms with Crippen molar-refractivity contribution in [3.8, 4) is 11.5 Å². The second kappa shape index (κ2) is 14.6. The smallest absolute Gasteiger partial charge is 0.341 e. The highest BCUT2D eigenvalue weighted by Gasteiger charge is 2.27. The quantitative estimate of drug-likeness (QED) is 0.312. The number of benzene rings is 2. The zero-order valence-corrected chi connectivity index (χ0v) is 20.6. The molecule has 3 rings (SSSR count). The molecule has 0 amide bonds. The molecule has 0 spiro atoms. The molecule has 0 heterocycles. The van der Waals surface area contributed by atoms with E-state index in [0.29, 0.717) is 40.4 Å². The minimum Gasteiger partial charge on any atom is -0.481 e. The van der Waals surface area contributed by atoms with Crippen molar-refractivity contribution in [1.29, 1.82) is 0 Å². The number of nitrogens with two attached hydrogens (primary N) is 1. The number of carboxylic acid groups (broad SMARTS) is 2. The number of aliphatic carboxylic acids is 2. The molecule has 1 fully saturated rings. The fourth-order valence-corrected chi connectivity index (χ4v) is 4.00. The van der Waals surface area contributed by atoms with Gasteiger partial charge < -0.3 is 25.4 Å². The molecule has 0 aromatic heterocycles. The molecule has 2 aromatic rings. The molecule has 0 radical (unpaired) electrons. The van der Waals surface area contributed by atoms with Gasteiger partial charge in [0.15, 0.2) is 6.61 Å². The average Bonchev–Trinajstić information content (AvgIpc) is 2.83. The first kappa shape index (κ1) is 28.4. The maximum Gasteiger partial charge on any atom is 0.341 e. The van der Waals surface area contributed by atoms with E-state index in [2.05, 4.69) is 0 Å². The molecule has 0 aliphatic heterocycles. The van der Waals surface area contributed by atoms with Crippen molar-refractivity contribution < 1.29 is 34.1 Å². The lowest BCUT2D eigenvalue weighted by Crippen LogP contribution is -2.28. The zero-order valence-electron chi connectivity index (χ0n) is 19.1. The Kier molecular flexibility index (Phi) is 11.8. The number of hydrogen-bond acceptors (Lipinski definition) is 6.